The first-order valence-electron chi connectivity index (χ1n) is 5.69. The fraction of sp³-hybridized carbons (Fsp3) is 0.909. The molecule has 1 unspecified atom stereocenters. The molecule has 0 aromatic carbocycles. The maximum absolute atomic E-state index is 11.0. The van der Waals surface area contributed by atoms with Gasteiger partial charge in [0.15, 0.2) is 0 Å². The summed E-state index contributed by atoms with van der Waals surface area (Å²) in [6.07, 6.45) is 0.841. The molecule has 0 radical (unpaired) electrons. The molecular formula is C11H22N2O3. The van der Waals surface area contributed by atoms with Gasteiger partial charge in [-0.05, 0) is 20.3 Å². The molecule has 1 aliphatic heterocycles. The molecule has 5 nitrogen and oxygen atoms in total. The fourth-order valence-corrected chi connectivity index (χ4v) is 1.77. The number of nitrogens with zero attached hydrogens (tertiary/aromatic N) is 1. The largest absolute Gasteiger partial charge is 0.480 e. The van der Waals surface area contributed by atoms with Gasteiger partial charge in [0.1, 0.15) is 6.04 Å². The van der Waals surface area contributed by atoms with Crippen LogP contribution in [0.3, 0.4) is 0 Å². The summed E-state index contributed by atoms with van der Waals surface area (Å²) in [5.74, 6) is -0.748. The Morgan fingerprint density at radius 1 is 1.62 bits per heavy atom. The highest BCUT2D eigenvalue weighted by molar-refractivity contribution is 5.73. The van der Waals surface area contributed by atoms with E-state index in [9.17, 15) is 4.79 Å². The zero-order valence-electron chi connectivity index (χ0n) is 10.3. The van der Waals surface area contributed by atoms with Crippen molar-refractivity contribution in [3.8, 4) is 0 Å². The van der Waals surface area contributed by atoms with Gasteiger partial charge in [-0.3, -0.25) is 9.69 Å². The minimum absolute atomic E-state index is 0.187. The van der Waals surface area contributed by atoms with E-state index in [1.54, 1.807) is 7.11 Å². The second kappa shape index (κ2) is 5.61. The van der Waals surface area contributed by atoms with Crippen LogP contribution in [-0.2, 0) is 9.53 Å². The third-order valence-electron chi connectivity index (χ3n) is 3.19. The lowest BCUT2D eigenvalue weighted by Gasteiger charge is -2.35. The number of hydrogen-bond acceptors (Lipinski definition) is 4. The average molecular weight is 230 g/mol. The molecule has 0 saturated carbocycles. The van der Waals surface area contributed by atoms with Crippen molar-refractivity contribution in [1.82, 2.24) is 10.2 Å². The molecule has 1 heterocycles. The van der Waals surface area contributed by atoms with Crippen molar-refractivity contribution in [2.45, 2.75) is 31.9 Å². The van der Waals surface area contributed by atoms with Crippen molar-refractivity contribution in [2.24, 2.45) is 0 Å². The number of hydrogen-bond donors (Lipinski definition) is 2. The number of carboxylic acid groups (broad SMARTS) is 1. The third kappa shape index (κ3) is 3.73. The molecule has 0 spiro atoms. The standard InChI is InChI=1S/C11H22N2O3/c1-11(2,16-3)4-6-13-7-5-12-8-9(13)10(14)15/h9,12H,4-8H2,1-3H3,(H,14,15). The summed E-state index contributed by atoms with van der Waals surface area (Å²) in [7, 11) is 1.69. The molecule has 1 saturated heterocycles. The van der Waals surface area contributed by atoms with Gasteiger partial charge in [0.05, 0.1) is 5.60 Å². The van der Waals surface area contributed by atoms with Crippen molar-refractivity contribution in [1.29, 1.82) is 0 Å². The molecule has 94 valence electrons. The van der Waals surface area contributed by atoms with E-state index in [1.165, 1.54) is 0 Å². The van der Waals surface area contributed by atoms with E-state index in [0.29, 0.717) is 6.54 Å². The number of methoxy groups -OCH3 is 1. The molecule has 1 aliphatic rings. The Bertz CT molecular complexity index is 243. The summed E-state index contributed by atoms with van der Waals surface area (Å²) in [5, 5.41) is 12.2. The zero-order chi connectivity index (χ0) is 12.2. The SMILES string of the molecule is COC(C)(C)CCN1CCNCC1C(=O)O. The molecule has 0 aromatic rings. The summed E-state index contributed by atoms with van der Waals surface area (Å²) in [6, 6.07) is -0.401. The van der Waals surface area contributed by atoms with Gasteiger partial charge in [0.2, 0.25) is 0 Å². The lowest BCUT2D eigenvalue weighted by atomic mass is 10.0. The van der Waals surface area contributed by atoms with E-state index in [-0.39, 0.29) is 5.60 Å². The van der Waals surface area contributed by atoms with Crippen LogP contribution < -0.4 is 5.32 Å². The lowest BCUT2D eigenvalue weighted by Crippen LogP contribution is -2.55. The summed E-state index contributed by atoms with van der Waals surface area (Å²) in [4.78, 5) is 13.1. The number of nitrogens with one attached hydrogen (secondary N) is 1. The third-order valence-corrected chi connectivity index (χ3v) is 3.19. The van der Waals surface area contributed by atoms with Crippen LogP contribution >= 0.6 is 0 Å². The van der Waals surface area contributed by atoms with Crippen LogP contribution in [0, 0.1) is 0 Å². The first-order valence-corrected chi connectivity index (χ1v) is 5.69. The molecule has 1 rings (SSSR count). The van der Waals surface area contributed by atoms with Crippen molar-refractivity contribution in [3.63, 3.8) is 0 Å². The minimum atomic E-state index is -0.748. The van der Waals surface area contributed by atoms with Crippen molar-refractivity contribution >= 4 is 5.97 Å². The quantitative estimate of drug-likeness (QED) is 0.704. The second-order valence-corrected chi connectivity index (χ2v) is 4.81. The van der Waals surface area contributed by atoms with Gasteiger partial charge in [-0.15, -0.1) is 0 Å². The topological polar surface area (TPSA) is 61.8 Å². The van der Waals surface area contributed by atoms with Crippen LogP contribution in [0.1, 0.15) is 20.3 Å². The highest BCUT2D eigenvalue weighted by Gasteiger charge is 2.29. The van der Waals surface area contributed by atoms with Crippen LogP contribution in [0.15, 0.2) is 0 Å². The predicted octanol–water partition coefficient (Wildman–Crippen LogP) is 0.160. The molecule has 2 N–H and O–H groups in total. The monoisotopic (exact) mass is 230 g/mol. The van der Waals surface area contributed by atoms with Crippen LogP contribution in [0.5, 0.6) is 0 Å². The maximum Gasteiger partial charge on any atom is 0.322 e. The van der Waals surface area contributed by atoms with Gasteiger partial charge in [0, 0.05) is 33.3 Å². The molecule has 1 fully saturated rings. The highest BCUT2D eigenvalue weighted by atomic mass is 16.5. The van der Waals surface area contributed by atoms with Crippen LogP contribution in [-0.4, -0.2) is 60.9 Å². The van der Waals surface area contributed by atoms with Crippen LogP contribution in [0.2, 0.25) is 0 Å². The Balaban J connectivity index is 2.47. The summed E-state index contributed by atoms with van der Waals surface area (Å²) in [6.45, 7) is 6.98. The molecule has 5 heteroatoms. The fourth-order valence-electron chi connectivity index (χ4n) is 1.77. The van der Waals surface area contributed by atoms with Crippen molar-refractivity contribution in [3.05, 3.63) is 0 Å². The molecular weight excluding hydrogens is 208 g/mol. The Labute approximate surface area is 96.8 Å². The minimum Gasteiger partial charge on any atom is -0.480 e. The summed E-state index contributed by atoms with van der Waals surface area (Å²) in [5.41, 5.74) is -0.187. The van der Waals surface area contributed by atoms with E-state index in [4.69, 9.17) is 9.84 Å². The molecule has 0 aromatic heterocycles. The van der Waals surface area contributed by atoms with E-state index < -0.39 is 12.0 Å². The molecule has 0 bridgehead atoms. The average Bonchev–Trinajstić information content (AvgIpc) is 2.27. The van der Waals surface area contributed by atoms with E-state index in [1.807, 2.05) is 18.7 Å². The number of rotatable bonds is 5. The van der Waals surface area contributed by atoms with Gasteiger partial charge >= 0.3 is 5.97 Å². The lowest BCUT2D eigenvalue weighted by molar-refractivity contribution is -0.144. The predicted molar refractivity (Wildman–Crippen MR) is 61.6 cm³/mol. The second-order valence-electron chi connectivity index (χ2n) is 4.81. The van der Waals surface area contributed by atoms with E-state index >= 15 is 0 Å². The van der Waals surface area contributed by atoms with Crippen molar-refractivity contribution in [2.75, 3.05) is 33.3 Å². The number of ether oxygens (including phenoxy) is 1. The normalized spacial score (nSPS) is 23.3. The van der Waals surface area contributed by atoms with Gasteiger partial charge in [-0.2, -0.15) is 0 Å². The number of carboxylic acids is 1. The number of aliphatic carboxylic acids is 1. The van der Waals surface area contributed by atoms with Gasteiger partial charge < -0.3 is 15.2 Å². The van der Waals surface area contributed by atoms with E-state index in [2.05, 4.69) is 5.32 Å². The highest BCUT2D eigenvalue weighted by Crippen LogP contribution is 2.15. The summed E-state index contributed by atoms with van der Waals surface area (Å²) >= 11 is 0. The number of carbonyl (C=O) groups is 1. The van der Waals surface area contributed by atoms with Crippen LogP contribution in [0.25, 0.3) is 0 Å². The maximum atomic E-state index is 11.0. The molecule has 0 aliphatic carbocycles. The first kappa shape index (κ1) is 13.4. The van der Waals surface area contributed by atoms with Gasteiger partial charge in [-0.1, -0.05) is 0 Å². The summed E-state index contributed by atoms with van der Waals surface area (Å²) < 4.78 is 5.33. The molecule has 0 amide bonds. The Kier molecular flexibility index (Phi) is 4.70. The van der Waals surface area contributed by atoms with Crippen LogP contribution in [0.4, 0.5) is 0 Å². The smallest absolute Gasteiger partial charge is 0.322 e. The Hall–Kier alpha value is -0.650. The van der Waals surface area contributed by atoms with Gasteiger partial charge in [0.25, 0.3) is 0 Å². The Morgan fingerprint density at radius 3 is 2.88 bits per heavy atom. The Morgan fingerprint density at radius 2 is 2.31 bits per heavy atom. The number of piperazine rings is 1. The zero-order valence-corrected chi connectivity index (χ0v) is 10.3. The molecule has 1 atom stereocenters. The first-order chi connectivity index (χ1) is 7.46. The van der Waals surface area contributed by atoms with Gasteiger partial charge in [-0.25, -0.2) is 0 Å². The van der Waals surface area contributed by atoms with Crippen molar-refractivity contribution < 1.29 is 14.6 Å². The molecule has 16 heavy (non-hydrogen) atoms. The van der Waals surface area contributed by atoms with E-state index in [0.717, 1.165) is 26.1 Å².